The molecular formula is C15H17ClN4O. The maximum absolute atomic E-state index is 12.4. The van der Waals surface area contributed by atoms with Gasteiger partial charge in [-0.25, -0.2) is 4.68 Å². The van der Waals surface area contributed by atoms with Crippen molar-refractivity contribution in [1.82, 2.24) is 15.1 Å². The molecule has 0 aliphatic carbocycles. The predicted molar refractivity (Wildman–Crippen MR) is 82.8 cm³/mol. The van der Waals surface area contributed by atoms with Crippen LogP contribution in [0.25, 0.3) is 5.69 Å². The van der Waals surface area contributed by atoms with Gasteiger partial charge in [0, 0.05) is 18.9 Å². The highest BCUT2D eigenvalue weighted by Gasteiger charge is 2.22. The Morgan fingerprint density at radius 3 is 3.05 bits per heavy atom. The van der Waals surface area contributed by atoms with Gasteiger partial charge in [0.1, 0.15) is 5.69 Å². The van der Waals surface area contributed by atoms with Gasteiger partial charge in [0.25, 0.3) is 0 Å². The Morgan fingerprint density at radius 2 is 2.33 bits per heavy atom. The fourth-order valence-corrected chi connectivity index (χ4v) is 2.82. The van der Waals surface area contributed by atoms with E-state index in [9.17, 15) is 4.79 Å². The molecule has 5 nitrogen and oxygen atoms in total. The summed E-state index contributed by atoms with van der Waals surface area (Å²) in [5, 5.41) is 11.0. The highest BCUT2D eigenvalue weighted by Crippen LogP contribution is 2.28. The monoisotopic (exact) mass is 304 g/mol. The van der Waals surface area contributed by atoms with Crippen LogP contribution in [0.4, 0.5) is 5.69 Å². The first-order valence-electron chi connectivity index (χ1n) is 7.06. The minimum Gasteiger partial charge on any atom is -0.324 e. The van der Waals surface area contributed by atoms with E-state index in [0.717, 1.165) is 25.9 Å². The number of hydrogen-bond donors (Lipinski definition) is 2. The zero-order valence-electron chi connectivity index (χ0n) is 11.6. The molecule has 0 radical (unpaired) electrons. The van der Waals surface area contributed by atoms with Crippen molar-refractivity contribution in [1.29, 1.82) is 0 Å². The third-order valence-electron chi connectivity index (χ3n) is 3.65. The van der Waals surface area contributed by atoms with Crippen LogP contribution in [0.2, 0.25) is 5.02 Å². The largest absolute Gasteiger partial charge is 0.324 e. The smallest absolute Gasteiger partial charge is 0.228 e. The van der Waals surface area contributed by atoms with Crippen molar-refractivity contribution in [2.75, 3.05) is 18.4 Å². The Morgan fingerprint density at radius 1 is 1.43 bits per heavy atom. The number of carbonyl (C=O) groups is 1. The zero-order chi connectivity index (χ0) is 14.7. The first-order valence-corrected chi connectivity index (χ1v) is 7.43. The van der Waals surface area contributed by atoms with E-state index in [1.807, 2.05) is 18.2 Å². The van der Waals surface area contributed by atoms with Gasteiger partial charge in [-0.15, -0.1) is 0 Å². The Bertz CT molecular complexity index is 621. The summed E-state index contributed by atoms with van der Waals surface area (Å²) in [5.74, 6) is 0.0288. The molecule has 3 rings (SSSR count). The van der Waals surface area contributed by atoms with Gasteiger partial charge in [0.15, 0.2) is 0 Å². The van der Waals surface area contributed by atoms with E-state index in [2.05, 4.69) is 15.7 Å². The van der Waals surface area contributed by atoms with Crippen molar-refractivity contribution in [3.05, 3.63) is 41.7 Å². The summed E-state index contributed by atoms with van der Waals surface area (Å²) in [6.45, 7) is 1.71. The Kier molecular flexibility index (Phi) is 4.22. The molecule has 1 aromatic carbocycles. The second kappa shape index (κ2) is 6.28. The third-order valence-corrected chi connectivity index (χ3v) is 3.95. The van der Waals surface area contributed by atoms with E-state index in [1.165, 1.54) is 0 Å². The number of aromatic nitrogens is 2. The third kappa shape index (κ3) is 3.09. The molecule has 2 aromatic rings. The number of piperidine rings is 1. The quantitative estimate of drug-likeness (QED) is 0.916. The Balaban J connectivity index is 1.85. The number of nitrogens with one attached hydrogen (secondary N) is 2. The highest BCUT2D eigenvalue weighted by molar-refractivity contribution is 6.33. The fourth-order valence-electron chi connectivity index (χ4n) is 2.56. The molecule has 1 aliphatic heterocycles. The van der Waals surface area contributed by atoms with Crippen LogP contribution in [-0.4, -0.2) is 28.8 Å². The molecule has 110 valence electrons. The summed E-state index contributed by atoms with van der Waals surface area (Å²) < 4.78 is 1.66. The predicted octanol–water partition coefficient (Wildman–Crippen LogP) is 2.46. The molecule has 0 spiro atoms. The van der Waals surface area contributed by atoms with Crippen LogP contribution in [0.15, 0.2) is 36.7 Å². The van der Waals surface area contributed by atoms with E-state index in [1.54, 1.807) is 23.1 Å². The SMILES string of the molecule is O=C(Nc1cccc(Cl)c1-n1cccn1)C1CCCNC1. The summed E-state index contributed by atoms with van der Waals surface area (Å²) in [6.07, 6.45) is 5.43. The van der Waals surface area contributed by atoms with Crippen LogP contribution in [-0.2, 0) is 4.79 Å². The van der Waals surface area contributed by atoms with Crippen molar-refractivity contribution in [3.8, 4) is 5.69 Å². The van der Waals surface area contributed by atoms with Crippen LogP contribution in [0.5, 0.6) is 0 Å². The summed E-state index contributed by atoms with van der Waals surface area (Å²) >= 11 is 6.27. The molecule has 1 aliphatic rings. The van der Waals surface area contributed by atoms with E-state index in [4.69, 9.17) is 11.6 Å². The van der Waals surface area contributed by atoms with Crippen molar-refractivity contribution in [2.45, 2.75) is 12.8 Å². The van der Waals surface area contributed by atoms with Gasteiger partial charge < -0.3 is 10.6 Å². The lowest BCUT2D eigenvalue weighted by Crippen LogP contribution is -2.37. The second-order valence-corrected chi connectivity index (χ2v) is 5.53. The van der Waals surface area contributed by atoms with Crippen molar-refractivity contribution >= 4 is 23.2 Å². The average molecular weight is 305 g/mol. The summed E-state index contributed by atoms with van der Waals surface area (Å²) in [4.78, 5) is 12.4. The number of carbonyl (C=O) groups excluding carboxylic acids is 1. The minimum absolute atomic E-state index is 0.00297. The first kappa shape index (κ1) is 14.1. The number of nitrogens with zero attached hydrogens (tertiary/aromatic N) is 2. The van der Waals surface area contributed by atoms with Crippen LogP contribution in [0.1, 0.15) is 12.8 Å². The molecular weight excluding hydrogens is 288 g/mol. The topological polar surface area (TPSA) is 59.0 Å². The maximum Gasteiger partial charge on any atom is 0.228 e. The molecule has 2 N–H and O–H groups in total. The number of rotatable bonds is 3. The molecule has 0 saturated carbocycles. The number of halogens is 1. The normalized spacial score (nSPS) is 18.4. The highest BCUT2D eigenvalue weighted by atomic mass is 35.5. The average Bonchev–Trinajstić information content (AvgIpc) is 3.02. The van der Waals surface area contributed by atoms with Crippen molar-refractivity contribution in [3.63, 3.8) is 0 Å². The van der Waals surface area contributed by atoms with E-state index >= 15 is 0 Å². The van der Waals surface area contributed by atoms with Crippen LogP contribution < -0.4 is 10.6 Å². The van der Waals surface area contributed by atoms with Gasteiger partial charge in [0.05, 0.1) is 16.6 Å². The maximum atomic E-state index is 12.4. The van der Waals surface area contributed by atoms with Crippen molar-refractivity contribution < 1.29 is 4.79 Å². The number of para-hydroxylation sites is 1. The summed E-state index contributed by atoms with van der Waals surface area (Å²) in [5.41, 5.74) is 1.38. The molecule has 2 heterocycles. The van der Waals surface area contributed by atoms with E-state index < -0.39 is 0 Å². The van der Waals surface area contributed by atoms with Crippen LogP contribution >= 0.6 is 11.6 Å². The molecule has 21 heavy (non-hydrogen) atoms. The molecule has 1 fully saturated rings. The standard InChI is InChI=1S/C15H17ClN4O/c16-12-5-1-6-13(14(12)20-9-3-8-18-20)19-15(21)11-4-2-7-17-10-11/h1,3,5-6,8-9,11,17H,2,4,7,10H2,(H,19,21). The van der Waals surface area contributed by atoms with E-state index in [0.29, 0.717) is 16.4 Å². The minimum atomic E-state index is 0.00297. The Hall–Kier alpha value is -1.85. The lowest BCUT2D eigenvalue weighted by molar-refractivity contribution is -0.120. The fraction of sp³-hybridized carbons (Fsp3) is 0.333. The lowest BCUT2D eigenvalue weighted by atomic mass is 9.99. The molecule has 1 saturated heterocycles. The molecule has 6 heteroatoms. The van der Waals surface area contributed by atoms with Crippen molar-refractivity contribution in [2.24, 2.45) is 5.92 Å². The van der Waals surface area contributed by atoms with Gasteiger partial charge in [-0.05, 0) is 37.6 Å². The first-order chi connectivity index (χ1) is 10.3. The number of amides is 1. The van der Waals surface area contributed by atoms with E-state index in [-0.39, 0.29) is 11.8 Å². The van der Waals surface area contributed by atoms with Crippen LogP contribution in [0, 0.1) is 5.92 Å². The summed E-state index contributed by atoms with van der Waals surface area (Å²) in [7, 11) is 0. The van der Waals surface area contributed by atoms with Crippen LogP contribution in [0.3, 0.4) is 0 Å². The van der Waals surface area contributed by atoms with Gasteiger partial charge in [-0.1, -0.05) is 17.7 Å². The number of benzene rings is 1. The zero-order valence-corrected chi connectivity index (χ0v) is 12.3. The van der Waals surface area contributed by atoms with Gasteiger partial charge in [-0.3, -0.25) is 4.79 Å². The molecule has 1 atom stereocenters. The summed E-state index contributed by atoms with van der Waals surface area (Å²) in [6, 6.07) is 7.28. The molecule has 1 aromatic heterocycles. The number of anilines is 1. The lowest BCUT2D eigenvalue weighted by Gasteiger charge is -2.22. The second-order valence-electron chi connectivity index (χ2n) is 5.12. The Labute approximate surface area is 128 Å². The number of hydrogen-bond acceptors (Lipinski definition) is 3. The molecule has 1 unspecified atom stereocenters. The van der Waals surface area contributed by atoms with Gasteiger partial charge >= 0.3 is 0 Å². The van der Waals surface area contributed by atoms with Gasteiger partial charge in [0.2, 0.25) is 5.91 Å². The molecule has 1 amide bonds. The van der Waals surface area contributed by atoms with Gasteiger partial charge in [-0.2, -0.15) is 5.10 Å². The molecule has 0 bridgehead atoms.